The van der Waals surface area contributed by atoms with Crippen molar-refractivity contribution in [3.8, 4) is 16.9 Å². The Balaban J connectivity index is 1.89. The maximum atomic E-state index is 13.0. The highest BCUT2D eigenvalue weighted by Crippen LogP contribution is 2.36. The second-order valence-corrected chi connectivity index (χ2v) is 9.26. The van der Waals surface area contributed by atoms with Crippen LogP contribution in [0.2, 0.25) is 0 Å². The number of rotatable bonds is 11. The summed E-state index contributed by atoms with van der Waals surface area (Å²) in [5.74, 6) is 1.94. The lowest BCUT2D eigenvalue weighted by Crippen LogP contribution is -2.34. The fraction of sp³-hybridized carbons (Fsp3) is 0.500. The molecule has 0 saturated carbocycles. The van der Waals surface area contributed by atoms with Gasteiger partial charge in [-0.3, -0.25) is 9.69 Å². The Hall–Kier alpha value is -2.22. The van der Waals surface area contributed by atoms with Gasteiger partial charge in [-0.05, 0) is 31.4 Å². The summed E-state index contributed by atoms with van der Waals surface area (Å²) in [6.45, 7) is 8.41. The molecule has 0 aliphatic carbocycles. The number of hydrogen-bond donors (Lipinski definition) is 2. The average Bonchev–Trinajstić information content (AvgIpc) is 3.16. The summed E-state index contributed by atoms with van der Waals surface area (Å²) < 4.78 is 5.48. The Morgan fingerprint density at radius 3 is 2.71 bits per heavy atom. The molecule has 0 amide bonds. The van der Waals surface area contributed by atoms with Crippen molar-refractivity contribution in [3.05, 3.63) is 45.8 Å². The molecule has 1 atom stereocenters. The van der Waals surface area contributed by atoms with E-state index >= 15 is 0 Å². The number of nitrogens with zero attached hydrogens (tertiary/aromatic N) is 2. The number of nitrogens with one attached hydrogen (secondary N) is 1. The van der Waals surface area contributed by atoms with Crippen molar-refractivity contribution in [2.24, 2.45) is 5.92 Å². The van der Waals surface area contributed by atoms with E-state index < -0.39 is 0 Å². The van der Waals surface area contributed by atoms with E-state index in [1.54, 1.807) is 7.11 Å². The maximum absolute atomic E-state index is 13.0. The third kappa shape index (κ3) is 5.93. The first-order valence-electron chi connectivity index (χ1n) is 11.0. The summed E-state index contributed by atoms with van der Waals surface area (Å²) >= 11 is 1.47. The molecule has 0 saturated heterocycles. The first-order valence-corrected chi connectivity index (χ1v) is 11.8. The van der Waals surface area contributed by atoms with Gasteiger partial charge in [0, 0.05) is 23.1 Å². The lowest BCUT2D eigenvalue weighted by Gasteiger charge is -2.25. The number of benzene rings is 1. The van der Waals surface area contributed by atoms with Crippen LogP contribution in [0.3, 0.4) is 0 Å². The predicted molar refractivity (Wildman–Crippen MR) is 128 cm³/mol. The minimum absolute atomic E-state index is 0.139. The Kier molecular flexibility index (Phi) is 8.23. The molecular weight excluding hydrogens is 410 g/mol. The SMILES string of the molecule is CCC[C@H](O)CN(CCC(C)C)Cc1nc2scc(-c3ccccc3OC)c2c(=O)[nH]1. The number of para-hydroxylation sites is 1. The zero-order valence-corrected chi connectivity index (χ0v) is 19.7. The quantitative estimate of drug-likeness (QED) is 0.450. The van der Waals surface area contributed by atoms with Crippen molar-refractivity contribution in [1.82, 2.24) is 14.9 Å². The van der Waals surface area contributed by atoms with Gasteiger partial charge < -0.3 is 14.8 Å². The summed E-state index contributed by atoms with van der Waals surface area (Å²) in [6, 6.07) is 7.70. The van der Waals surface area contributed by atoms with Gasteiger partial charge in [0.25, 0.3) is 5.56 Å². The number of thiophene rings is 1. The van der Waals surface area contributed by atoms with Crippen LogP contribution >= 0.6 is 11.3 Å². The average molecular weight is 444 g/mol. The summed E-state index contributed by atoms with van der Waals surface area (Å²) in [5, 5.41) is 12.9. The molecule has 0 unspecified atom stereocenters. The molecule has 31 heavy (non-hydrogen) atoms. The monoisotopic (exact) mass is 443 g/mol. The minimum atomic E-state index is -0.369. The number of aromatic nitrogens is 2. The topological polar surface area (TPSA) is 78.5 Å². The van der Waals surface area contributed by atoms with Crippen LogP contribution in [0.5, 0.6) is 5.75 Å². The Bertz CT molecular complexity index is 1040. The third-order valence-electron chi connectivity index (χ3n) is 5.38. The Morgan fingerprint density at radius 1 is 1.23 bits per heavy atom. The number of H-pyrrole nitrogens is 1. The van der Waals surface area contributed by atoms with E-state index in [1.165, 1.54) is 11.3 Å². The van der Waals surface area contributed by atoms with E-state index in [2.05, 4.69) is 30.7 Å². The number of aliphatic hydroxyl groups is 1. The number of aromatic amines is 1. The molecule has 0 aliphatic heterocycles. The normalized spacial score (nSPS) is 12.7. The van der Waals surface area contributed by atoms with Gasteiger partial charge in [0.1, 0.15) is 16.4 Å². The second kappa shape index (κ2) is 10.9. The van der Waals surface area contributed by atoms with E-state index in [1.807, 2.05) is 29.6 Å². The highest BCUT2D eigenvalue weighted by atomic mass is 32.1. The summed E-state index contributed by atoms with van der Waals surface area (Å²) in [7, 11) is 1.63. The highest BCUT2D eigenvalue weighted by molar-refractivity contribution is 7.17. The van der Waals surface area contributed by atoms with Crippen LogP contribution in [0.4, 0.5) is 0 Å². The largest absolute Gasteiger partial charge is 0.496 e. The van der Waals surface area contributed by atoms with Gasteiger partial charge in [-0.1, -0.05) is 45.4 Å². The zero-order valence-electron chi connectivity index (χ0n) is 18.9. The molecular formula is C24H33N3O3S. The standard InChI is InChI=1S/C24H33N3O3S/c1-5-8-17(28)13-27(12-11-16(2)3)14-21-25-23(29)22-19(15-31-24(22)26-21)18-9-6-7-10-20(18)30-4/h6-7,9-10,15-17,28H,5,8,11-14H2,1-4H3,(H,25,26,29)/t17-/m0/s1. The van der Waals surface area contributed by atoms with Crippen molar-refractivity contribution in [2.45, 2.75) is 52.7 Å². The van der Waals surface area contributed by atoms with Crippen molar-refractivity contribution >= 4 is 21.6 Å². The van der Waals surface area contributed by atoms with Crippen molar-refractivity contribution < 1.29 is 9.84 Å². The fourth-order valence-electron chi connectivity index (χ4n) is 3.74. The van der Waals surface area contributed by atoms with Crippen molar-refractivity contribution in [3.63, 3.8) is 0 Å². The molecule has 1 aromatic carbocycles. The summed E-state index contributed by atoms with van der Waals surface area (Å²) in [5.41, 5.74) is 1.59. The van der Waals surface area contributed by atoms with E-state index in [-0.39, 0.29) is 11.7 Å². The molecule has 2 N–H and O–H groups in total. The van der Waals surface area contributed by atoms with Gasteiger partial charge in [0.15, 0.2) is 0 Å². The first kappa shape index (κ1) is 23.4. The molecule has 168 valence electrons. The third-order valence-corrected chi connectivity index (χ3v) is 6.25. The predicted octanol–water partition coefficient (Wildman–Crippen LogP) is 4.67. The van der Waals surface area contributed by atoms with Crippen LogP contribution in [0.25, 0.3) is 21.3 Å². The molecule has 2 aromatic heterocycles. The van der Waals surface area contributed by atoms with Crippen LogP contribution in [0.15, 0.2) is 34.4 Å². The minimum Gasteiger partial charge on any atom is -0.496 e. The number of ether oxygens (including phenoxy) is 1. The van der Waals surface area contributed by atoms with Gasteiger partial charge in [-0.25, -0.2) is 4.98 Å². The molecule has 2 heterocycles. The smallest absolute Gasteiger partial charge is 0.260 e. The van der Waals surface area contributed by atoms with Crippen LogP contribution in [0.1, 0.15) is 45.9 Å². The molecule has 3 rings (SSSR count). The van der Waals surface area contributed by atoms with Crippen molar-refractivity contribution in [2.75, 3.05) is 20.2 Å². The van der Waals surface area contributed by atoms with Crippen LogP contribution in [-0.4, -0.2) is 46.3 Å². The van der Waals surface area contributed by atoms with Crippen LogP contribution in [-0.2, 0) is 6.54 Å². The van der Waals surface area contributed by atoms with Gasteiger partial charge in [0.05, 0.1) is 25.1 Å². The van der Waals surface area contributed by atoms with Crippen LogP contribution < -0.4 is 10.3 Å². The van der Waals surface area contributed by atoms with Gasteiger partial charge in [-0.2, -0.15) is 0 Å². The zero-order chi connectivity index (χ0) is 22.4. The molecule has 3 aromatic rings. The van der Waals surface area contributed by atoms with Gasteiger partial charge in [-0.15, -0.1) is 11.3 Å². The Labute approximate surface area is 187 Å². The lowest BCUT2D eigenvalue weighted by molar-refractivity contribution is 0.0968. The number of fused-ring (bicyclic) bond motifs is 1. The van der Waals surface area contributed by atoms with Gasteiger partial charge in [0.2, 0.25) is 0 Å². The fourth-order valence-corrected chi connectivity index (χ4v) is 4.70. The molecule has 0 aliphatic rings. The van der Waals surface area contributed by atoms with Crippen molar-refractivity contribution in [1.29, 1.82) is 0 Å². The summed E-state index contributed by atoms with van der Waals surface area (Å²) in [4.78, 5) is 23.7. The van der Waals surface area contributed by atoms with E-state index in [0.29, 0.717) is 30.2 Å². The lowest BCUT2D eigenvalue weighted by atomic mass is 10.1. The molecule has 0 radical (unpaired) electrons. The molecule has 7 heteroatoms. The second-order valence-electron chi connectivity index (χ2n) is 8.40. The van der Waals surface area contributed by atoms with E-state index in [4.69, 9.17) is 9.72 Å². The molecule has 0 bridgehead atoms. The van der Waals surface area contributed by atoms with Crippen LogP contribution in [0, 0.1) is 5.92 Å². The molecule has 6 nitrogen and oxygen atoms in total. The molecule has 0 spiro atoms. The Morgan fingerprint density at radius 2 is 2.00 bits per heavy atom. The molecule has 0 fully saturated rings. The maximum Gasteiger partial charge on any atom is 0.260 e. The summed E-state index contributed by atoms with van der Waals surface area (Å²) in [6.07, 6.45) is 2.38. The number of methoxy groups -OCH3 is 1. The first-order chi connectivity index (χ1) is 14.9. The van der Waals surface area contributed by atoms with E-state index in [0.717, 1.165) is 47.5 Å². The number of hydrogen-bond acceptors (Lipinski definition) is 6. The highest BCUT2D eigenvalue weighted by Gasteiger charge is 2.18. The van der Waals surface area contributed by atoms with Gasteiger partial charge >= 0.3 is 0 Å². The number of aliphatic hydroxyl groups excluding tert-OH is 1. The van der Waals surface area contributed by atoms with E-state index in [9.17, 15) is 9.90 Å².